The molecule has 1 saturated carbocycles. The van der Waals surface area contributed by atoms with Gasteiger partial charge in [0.25, 0.3) is 0 Å². The van der Waals surface area contributed by atoms with E-state index in [2.05, 4.69) is 10.6 Å². The SMILES string of the molecule is CC1(C)CC(CC(C#N)NC(=O)C2C3CCCC3CN2C(=O)C(NC(=O)C(F)(F)F)C(C)(C)C)C(=O)N1. The summed E-state index contributed by atoms with van der Waals surface area (Å²) in [6, 6.07) is -1.43. The molecule has 0 bridgehead atoms. The van der Waals surface area contributed by atoms with Gasteiger partial charge in [-0.25, -0.2) is 0 Å². The van der Waals surface area contributed by atoms with Gasteiger partial charge in [-0.3, -0.25) is 19.2 Å². The van der Waals surface area contributed by atoms with E-state index < -0.39 is 58.9 Å². The highest BCUT2D eigenvalue weighted by atomic mass is 19.4. The van der Waals surface area contributed by atoms with E-state index in [1.54, 1.807) is 0 Å². The van der Waals surface area contributed by atoms with E-state index in [1.165, 1.54) is 25.7 Å². The average Bonchev–Trinajstić information content (AvgIpc) is 3.41. The lowest BCUT2D eigenvalue weighted by molar-refractivity contribution is -0.176. The molecule has 0 radical (unpaired) electrons. The van der Waals surface area contributed by atoms with Crippen LogP contribution in [0.25, 0.3) is 0 Å². The van der Waals surface area contributed by atoms with E-state index in [4.69, 9.17) is 0 Å². The van der Waals surface area contributed by atoms with Crippen molar-refractivity contribution in [3.63, 3.8) is 0 Å². The predicted octanol–water partition coefficient (Wildman–Crippen LogP) is 2.02. The molecule has 0 aromatic carbocycles. The number of nitrogens with one attached hydrogen (secondary N) is 3. The van der Waals surface area contributed by atoms with Crippen LogP contribution in [0.5, 0.6) is 0 Å². The van der Waals surface area contributed by atoms with E-state index in [0.717, 1.165) is 12.8 Å². The van der Waals surface area contributed by atoms with E-state index in [-0.39, 0.29) is 30.7 Å². The lowest BCUT2D eigenvalue weighted by Crippen LogP contribution is -2.60. The Hall–Kier alpha value is -2.84. The largest absolute Gasteiger partial charge is 0.471 e. The first-order valence-corrected chi connectivity index (χ1v) is 12.6. The second-order valence-electron chi connectivity index (χ2n) is 12.3. The van der Waals surface area contributed by atoms with Gasteiger partial charge < -0.3 is 20.9 Å². The third-order valence-corrected chi connectivity index (χ3v) is 7.67. The molecule has 12 heteroatoms. The van der Waals surface area contributed by atoms with Gasteiger partial charge in [0.1, 0.15) is 18.1 Å². The molecule has 2 heterocycles. The molecule has 0 aromatic heterocycles. The minimum absolute atomic E-state index is 0.000538. The normalized spacial score (nSPS) is 28.6. The number of nitrogens with zero attached hydrogens (tertiary/aromatic N) is 2. The Balaban J connectivity index is 1.80. The summed E-state index contributed by atoms with van der Waals surface area (Å²) in [7, 11) is 0. The summed E-state index contributed by atoms with van der Waals surface area (Å²) < 4.78 is 39.0. The molecular weight excluding hydrogens is 491 g/mol. The Morgan fingerprint density at radius 2 is 1.84 bits per heavy atom. The Labute approximate surface area is 214 Å². The van der Waals surface area contributed by atoms with Crippen molar-refractivity contribution >= 4 is 23.6 Å². The number of fused-ring (bicyclic) bond motifs is 1. The Kier molecular flexibility index (Phi) is 7.87. The third kappa shape index (κ3) is 6.36. The van der Waals surface area contributed by atoms with Crippen molar-refractivity contribution < 1.29 is 32.3 Å². The van der Waals surface area contributed by atoms with E-state index in [9.17, 15) is 37.6 Å². The first kappa shape index (κ1) is 28.7. The highest BCUT2D eigenvalue weighted by molar-refractivity contribution is 5.94. The molecule has 37 heavy (non-hydrogen) atoms. The zero-order valence-electron chi connectivity index (χ0n) is 21.9. The Morgan fingerprint density at radius 1 is 1.19 bits per heavy atom. The van der Waals surface area contributed by atoms with E-state index >= 15 is 0 Å². The maximum absolute atomic E-state index is 13.6. The van der Waals surface area contributed by atoms with Crippen LogP contribution < -0.4 is 16.0 Å². The quantitative estimate of drug-likeness (QED) is 0.486. The number of amides is 4. The molecule has 2 aliphatic heterocycles. The van der Waals surface area contributed by atoms with Gasteiger partial charge in [0.2, 0.25) is 17.7 Å². The van der Waals surface area contributed by atoms with Crippen LogP contribution in [0.4, 0.5) is 13.2 Å². The van der Waals surface area contributed by atoms with Crippen LogP contribution in [0.15, 0.2) is 0 Å². The fourth-order valence-electron chi connectivity index (χ4n) is 5.97. The van der Waals surface area contributed by atoms with Crippen molar-refractivity contribution in [3.05, 3.63) is 0 Å². The van der Waals surface area contributed by atoms with Crippen molar-refractivity contribution in [2.24, 2.45) is 23.2 Å². The molecule has 6 atom stereocenters. The Bertz CT molecular complexity index is 984. The summed E-state index contributed by atoms with van der Waals surface area (Å²) in [5, 5.41) is 17.1. The van der Waals surface area contributed by atoms with Gasteiger partial charge >= 0.3 is 12.1 Å². The van der Waals surface area contributed by atoms with Gasteiger partial charge in [-0.05, 0) is 56.8 Å². The summed E-state index contributed by atoms with van der Waals surface area (Å²) in [5.74, 6) is -4.39. The van der Waals surface area contributed by atoms with Crippen molar-refractivity contribution in [3.8, 4) is 6.07 Å². The number of likely N-dealkylation sites (tertiary alicyclic amines) is 1. The van der Waals surface area contributed by atoms with Gasteiger partial charge in [-0.1, -0.05) is 27.2 Å². The Morgan fingerprint density at radius 3 is 2.35 bits per heavy atom. The van der Waals surface area contributed by atoms with Crippen LogP contribution in [-0.4, -0.2) is 64.9 Å². The molecule has 0 spiro atoms. The monoisotopic (exact) mass is 527 g/mol. The molecular formula is C25H36F3N5O4. The number of alkyl halides is 3. The lowest BCUT2D eigenvalue weighted by atomic mass is 9.85. The van der Waals surface area contributed by atoms with E-state index in [0.29, 0.717) is 12.8 Å². The molecule has 3 aliphatic rings. The van der Waals surface area contributed by atoms with Crippen LogP contribution in [0.2, 0.25) is 0 Å². The number of nitriles is 1. The molecule has 2 saturated heterocycles. The van der Waals surface area contributed by atoms with Crippen LogP contribution in [-0.2, 0) is 19.2 Å². The van der Waals surface area contributed by atoms with Crippen LogP contribution in [0.1, 0.15) is 66.7 Å². The number of hydrogen-bond donors (Lipinski definition) is 3. The summed E-state index contributed by atoms with van der Waals surface area (Å²) in [5.41, 5.74) is -1.48. The van der Waals surface area contributed by atoms with Crippen molar-refractivity contribution in [2.75, 3.05) is 6.54 Å². The van der Waals surface area contributed by atoms with Crippen molar-refractivity contribution in [1.82, 2.24) is 20.9 Å². The molecule has 9 nitrogen and oxygen atoms in total. The topological polar surface area (TPSA) is 131 Å². The zero-order chi connectivity index (χ0) is 27.9. The number of halogens is 3. The highest BCUT2D eigenvalue weighted by Crippen LogP contribution is 2.43. The lowest BCUT2D eigenvalue weighted by Gasteiger charge is -2.36. The molecule has 4 amide bonds. The second-order valence-corrected chi connectivity index (χ2v) is 12.3. The number of rotatable bonds is 6. The van der Waals surface area contributed by atoms with Crippen molar-refractivity contribution in [1.29, 1.82) is 5.26 Å². The number of carbonyl (C=O) groups excluding carboxylic acids is 4. The predicted molar refractivity (Wildman–Crippen MR) is 126 cm³/mol. The molecule has 206 valence electrons. The smallest absolute Gasteiger partial charge is 0.351 e. The molecule has 6 unspecified atom stereocenters. The molecule has 0 aromatic rings. The molecule has 1 aliphatic carbocycles. The number of hydrogen-bond acceptors (Lipinski definition) is 5. The molecule has 3 fully saturated rings. The van der Waals surface area contributed by atoms with Crippen molar-refractivity contribution in [2.45, 2.75) is 96.6 Å². The van der Waals surface area contributed by atoms with Gasteiger partial charge in [-0.2, -0.15) is 18.4 Å². The molecule has 3 rings (SSSR count). The minimum Gasteiger partial charge on any atom is -0.351 e. The molecule has 3 N–H and O–H groups in total. The summed E-state index contributed by atoms with van der Waals surface area (Å²) >= 11 is 0. The van der Waals surface area contributed by atoms with Gasteiger partial charge in [0.05, 0.1) is 6.07 Å². The zero-order valence-corrected chi connectivity index (χ0v) is 21.9. The van der Waals surface area contributed by atoms with Crippen LogP contribution in [0, 0.1) is 34.5 Å². The fraction of sp³-hybridized carbons (Fsp3) is 0.800. The van der Waals surface area contributed by atoms with Crippen LogP contribution >= 0.6 is 0 Å². The third-order valence-electron chi connectivity index (χ3n) is 7.67. The summed E-state index contributed by atoms with van der Waals surface area (Å²) in [6.07, 6.45) is -2.26. The first-order chi connectivity index (χ1) is 16.9. The van der Waals surface area contributed by atoms with Gasteiger partial charge in [0.15, 0.2) is 0 Å². The maximum atomic E-state index is 13.6. The summed E-state index contributed by atoms with van der Waals surface area (Å²) in [4.78, 5) is 52.4. The highest BCUT2D eigenvalue weighted by Gasteiger charge is 2.53. The van der Waals surface area contributed by atoms with E-state index in [1.807, 2.05) is 25.2 Å². The second kappa shape index (κ2) is 10.1. The van der Waals surface area contributed by atoms with Crippen LogP contribution in [0.3, 0.4) is 0 Å². The maximum Gasteiger partial charge on any atom is 0.471 e. The standard InChI is InChI=1S/C25H36F3N5O4/c1-23(2,3)18(31-22(37)25(26,27)28)21(36)33-12-13-7-6-8-16(13)17(33)20(35)30-15(11-29)9-14-10-24(4,5)32-19(14)34/h13-18H,6-10,12H2,1-5H3,(H,30,35)(H,31,37)(H,32,34). The average molecular weight is 528 g/mol. The first-order valence-electron chi connectivity index (χ1n) is 12.6. The van der Waals surface area contributed by atoms with Gasteiger partial charge in [-0.15, -0.1) is 0 Å². The summed E-state index contributed by atoms with van der Waals surface area (Å²) in [6.45, 7) is 8.55. The van der Waals surface area contributed by atoms with Gasteiger partial charge in [0, 0.05) is 18.0 Å². The fourth-order valence-corrected chi connectivity index (χ4v) is 5.97. The minimum atomic E-state index is -5.16. The number of carbonyl (C=O) groups is 4.